The van der Waals surface area contributed by atoms with Gasteiger partial charge in [0.1, 0.15) is 5.82 Å². The molecule has 0 aliphatic heterocycles. The average Bonchev–Trinajstić information content (AvgIpc) is 1.98. The predicted octanol–water partition coefficient (Wildman–Crippen LogP) is 3.92. The number of alkyl halides is 3. The summed E-state index contributed by atoms with van der Waals surface area (Å²) in [5, 5.41) is 0. The van der Waals surface area contributed by atoms with E-state index >= 15 is 0 Å². The monoisotopic (exact) mass is 256 g/mol. The largest absolute Gasteiger partial charge is 0.416 e. The third-order valence-electron chi connectivity index (χ3n) is 1.64. The molecule has 0 radical (unpaired) electrons. The first kappa shape index (κ1) is 10.5. The molecule has 5 heteroatoms. The number of rotatable bonds is 0. The van der Waals surface area contributed by atoms with Crippen LogP contribution in [0.2, 0.25) is 0 Å². The zero-order chi connectivity index (χ0) is 10.2. The fourth-order valence-corrected chi connectivity index (χ4v) is 1.30. The van der Waals surface area contributed by atoms with Gasteiger partial charge < -0.3 is 0 Å². The van der Waals surface area contributed by atoms with E-state index in [1.54, 1.807) is 0 Å². The normalized spacial score (nSPS) is 11.8. The minimum absolute atomic E-state index is 0.132. The summed E-state index contributed by atoms with van der Waals surface area (Å²) in [7, 11) is 0. The van der Waals surface area contributed by atoms with Crippen molar-refractivity contribution < 1.29 is 17.6 Å². The Morgan fingerprint density at radius 1 is 1.23 bits per heavy atom. The minimum atomic E-state index is -4.43. The second-order valence-corrected chi connectivity index (χ2v) is 3.32. The molecule has 13 heavy (non-hydrogen) atoms. The molecule has 0 saturated carbocycles. The van der Waals surface area contributed by atoms with Crippen LogP contribution in [0.1, 0.15) is 11.1 Å². The van der Waals surface area contributed by atoms with E-state index in [0.717, 1.165) is 12.1 Å². The number of halogens is 5. The summed E-state index contributed by atoms with van der Waals surface area (Å²) in [5.74, 6) is -0.689. The van der Waals surface area contributed by atoms with Crippen LogP contribution in [0.15, 0.2) is 16.6 Å². The smallest absolute Gasteiger partial charge is 0.206 e. The molecule has 0 nitrogen and oxygen atoms in total. The van der Waals surface area contributed by atoms with E-state index in [-0.39, 0.29) is 10.0 Å². The van der Waals surface area contributed by atoms with Crippen molar-refractivity contribution in [3.05, 3.63) is 33.5 Å². The van der Waals surface area contributed by atoms with E-state index in [1.165, 1.54) is 6.92 Å². The minimum Gasteiger partial charge on any atom is -0.206 e. The van der Waals surface area contributed by atoms with E-state index in [9.17, 15) is 17.6 Å². The summed E-state index contributed by atoms with van der Waals surface area (Å²) in [5.41, 5.74) is -0.951. The second-order valence-electron chi connectivity index (χ2n) is 2.53. The summed E-state index contributed by atoms with van der Waals surface area (Å²) in [6, 6.07) is 1.52. The summed E-state index contributed by atoms with van der Waals surface area (Å²) in [6.07, 6.45) is -4.43. The molecule has 0 unspecified atom stereocenters. The molecule has 0 atom stereocenters. The van der Waals surface area contributed by atoms with E-state index in [1.807, 2.05) is 0 Å². The van der Waals surface area contributed by atoms with E-state index in [0.29, 0.717) is 0 Å². The van der Waals surface area contributed by atoms with Crippen LogP contribution in [0.4, 0.5) is 17.6 Å². The van der Waals surface area contributed by atoms with Crippen LogP contribution < -0.4 is 0 Å². The van der Waals surface area contributed by atoms with E-state index in [2.05, 4.69) is 15.9 Å². The van der Waals surface area contributed by atoms with Crippen LogP contribution in [0.3, 0.4) is 0 Å². The molecule has 0 amide bonds. The molecule has 0 heterocycles. The summed E-state index contributed by atoms with van der Waals surface area (Å²) in [4.78, 5) is 0. The first-order chi connectivity index (χ1) is 5.84. The molecule has 0 bridgehead atoms. The molecule has 0 N–H and O–H groups in total. The fourth-order valence-electron chi connectivity index (χ4n) is 0.959. The molecule has 0 aromatic heterocycles. The van der Waals surface area contributed by atoms with Crippen LogP contribution in [0.5, 0.6) is 0 Å². The highest BCUT2D eigenvalue weighted by atomic mass is 79.9. The standard InChI is InChI=1S/C8H5BrF4/c1-4-5(8(11,12)13)2-3-6(10)7(4)9/h2-3H,1H3. The maximum absolute atomic E-state index is 12.7. The highest BCUT2D eigenvalue weighted by Gasteiger charge is 2.33. The maximum atomic E-state index is 12.7. The average molecular weight is 257 g/mol. The van der Waals surface area contributed by atoms with Crippen molar-refractivity contribution in [3.8, 4) is 0 Å². The third-order valence-corrected chi connectivity index (χ3v) is 2.62. The van der Waals surface area contributed by atoms with Gasteiger partial charge in [-0.25, -0.2) is 4.39 Å². The van der Waals surface area contributed by atoms with Gasteiger partial charge in [0.05, 0.1) is 10.0 Å². The Labute approximate surface area is 80.7 Å². The van der Waals surface area contributed by atoms with Crippen LogP contribution >= 0.6 is 15.9 Å². The molecule has 72 valence electrons. The van der Waals surface area contributed by atoms with Crippen molar-refractivity contribution in [2.45, 2.75) is 13.1 Å². The Balaban J connectivity index is 3.35. The van der Waals surface area contributed by atoms with Crippen molar-refractivity contribution in [3.63, 3.8) is 0 Å². The first-order valence-electron chi connectivity index (χ1n) is 3.36. The molecule has 1 aromatic carbocycles. The van der Waals surface area contributed by atoms with Crippen molar-refractivity contribution in [1.82, 2.24) is 0 Å². The van der Waals surface area contributed by atoms with Gasteiger partial charge in [0.25, 0.3) is 0 Å². The van der Waals surface area contributed by atoms with Crippen molar-refractivity contribution in [2.75, 3.05) is 0 Å². The lowest BCUT2D eigenvalue weighted by Crippen LogP contribution is -2.08. The van der Waals surface area contributed by atoms with Crippen LogP contribution in [0, 0.1) is 12.7 Å². The van der Waals surface area contributed by atoms with Gasteiger partial charge in [0.15, 0.2) is 0 Å². The van der Waals surface area contributed by atoms with Gasteiger partial charge in [-0.1, -0.05) is 0 Å². The van der Waals surface area contributed by atoms with Gasteiger partial charge >= 0.3 is 6.18 Å². The lowest BCUT2D eigenvalue weighted by Gasteiger charge is -2.11. The number of benzene rings is 1. The molecule has 0 fully saturated rings. The maximum Gasteiger partial charge on any atom is 0.416 e. The Kier molecular flexibility index (Phi) is 2.66. The third kappa shape index (κ3) is 2.02. The van der Waals surface area contributed by atoms with Crippen molar-refractivity contribution in [1.29, 1.82) is 0 Å². The molecule has 0 aliphatic rings. The van der Waals surface area contributed by atoms with Gasteiger partial charge in [0, 0.05) is 0 Å². The zero-order valence-electron chi connectivity index (χ0n) is 6.54. The lowest BCUT2D eigenvalue weighted by molar-refractivity contribution is -0.138. The predicted molar refractivity (Wildman–Crippen MR) is 43.8 cm³/mol. The summed E-state index contributed by atoms with van der Waals surface area (Å²) < 4.78 is 49.2. The molecular weight excluding hydrogens is 252 g/mol. The van der Waals surface area contributed by atoms with Gasteiger partial charge in [-0.3, -0.25) is 0 Å². The molecule has 1 aromatic rings. The van der Waals surface area contributed by atoms with Crippen LogP contribution in [0.25, 0.3) is 0 Å². The van der Waals surface area contributed by atoms with E-state index < -0.39 is 17.6 Å². The van der Waals surface area contributed by atoms with Gasteiger partial charge in [-0.05, 0) is 40.5 Å². The zero-order valence-corrected chi connectivity index (χ0v) is 8.13. The molecule has 1 rings (SSSR count). The quantitative estimate of drug-likeness (QED) is 0.618. The first-order valence-corrected chi connectivity index (χ1v) is 4.15. The Morgan fingerprint density at radius 2 is 1.77 bits per heavy atom. The molecule has 0 spiro atoms. The topological polar surface area (TPSA) is 0 Å². The fraction of sp³-hybridized carbons (Fsp3) is 0.250. The molecule has 0 aliphatic carbocycles. The van der Waals surface area contributed by atoms with Gasteiger partial charge in [0.2, 0.25) is 0 Å². The summed E-state index contributed by atoms with van der Waals surface area (Å²) in [6.45, 7) is 1.22. The van der Waals surface area contributed by atoms with E-state index in [4.69, 9.17) is 0 Å². The lowest BCUT2D eigenvalue weighted by atomic mass is 10.1. The Morgan fingerprint density at radius 3 is 2.23 bits per heavy atom. The van der Waals surface area contributed by atoms with Gasteiger partial charge in [-0.2, -0.15) is 13.2 Å². The number of hydrogen-bond donors (Lipinski definition) is 0. The Bertz CT molecular complexity index is 330. The van der Waals surface area contributed by atoms with Crippen molar-refractivity contribution in [2.24, 2.45) is 0 Å². The molecular formula is C8H5BrF4. The van der Waals surface area contributed by atoms with Gasteiger partial charge in [-0.15, -0.1) is 0 Å². The second kappa shape index (κ2) is 3.29. The molecule has 0 saturated heterocycles. The SMILES string of the molecule is Cc1c(C(F)(F)F)ccc(F)c1Br. The van der Waals surface area contributed by atoms with Crippen molar-refractivity contribution >= 4 is 15.9 Å². The number of hydrogen-bond acceptors (Lipinski definition) is 0. The Hall–Kier alpha value is -0.580. The van der Waals surface area contributed by atoms with Crippen LogP contribution in [-0.2, 0) is 6.18 Å². The highest BCUT2D eigenvalue weighted by Crippen LogP contribution is 2.35. The van der Waals surface area contributed by atoms with Crippen LogP contribution in [-0.4, -0.2) is 0 Å². The summed E-state index contributed by atoms with van der Waals surface area (Å²) >= 11 is 2.75. The highest BCUT2D eigenvalue weighted by molar-refractivity contribution is 9.10.